The van der Waals surface area contributed by atoms with Crippen molar-refractivity contribution < 1.29 is 4.79 Å². The zero-order valence-electron chi connectivity index (χ0n) is 10.2. The molecule has 2 rings (SSSR count). The molecule has 7 heteroatoms. The minimum Gasteiger partial charge on any atom is -0.336 e. The molecule has 1 saturated heterocycles. The maximum Gasteiger partial charge on any atom is 0.317 e. The highest BCUT2D eigenvalue weighted by Crippen LogP contribution is 2.06. The van der Waals surface area contributed by atoms with Gasteiger partial charge in [0.1, 0.15) is 12.2 Å². The van der Waals surface area contributed by atoms with E-state index in [4.69, 9.17) is 0 Å². The average molecular weight is 238 g/mol. The lowest BCUT2D eigenvalue weighted by Crippen LogP contribution is -2.35. The number of urea groups is 1. The van der Waals surface area contributed by atoms with Gasteiger partial charge in [0, 0.05) is 33.2 Å². The van der Waals surface area contributed by atoms with Gasteiger partial charge in [0.05, 0.1) is 6.04 Å². The monoisotopic (exact) mass is 238 g/mol. The van der Waals surface area contributed by atoms with E-state index in [1.807, 2.05) is 18.5 Å². The quantitative estimate of drug-likeness (QED) is 0.724. The van der Waals surface area contributed by atoms with Gasteiger partial charge in [-0.3, -0.25) is 0 Å². The average Bonchev–Trinajstić information content (AvgIpc) is 2.88. The summed E-state index contributed by atoms with van der Waals surface area (Å²) in [6.07, 6.45) is 1.68. The highest BCUT2D eigenvalue weighted by atomic mass is 16.2. The van der Waals surface area contributed by atoms with Crippen LogP contribution in [0.4, 0.5) is 4.79 Å². The van der Waals surface area contributed by atoms with E-state index in [0.717, 1.165) is 25.5 Å². The van der Waals surface area contributed by atoms with Crippen LogP contribution in [0.1, 0.15) is 18.8 Å². The van der Waals surface area contributed by atoms with Crippen LogP contribution in [0.15, 0.2) is 6.33 Å². The summed E-state index contributed by atoms with van der Waals surface area (Å²) in [5.41, 5.74) is 0. The van der Waals surface area contributed by atoms with Gasteiger partial charge >= 0.3 is 6.03 Å². The molecule has 1 aliphatic rings. The smallest absolute Gasteiger partial charge is 0.317 e. The second-order valence-electron chi connectivity index (χ2n) is 4.19. The van der Waals surface area contributed by atoms with Crippen LogP contribution in [0, 0.1) is 0 Å². The Balaban J connectivity index is 1.75. The van der Waals surface area contributed by atoms with E-state index in [-0.39, 0.29) is 12.1 Å². The van der Waals surface area contributed by atoms with Crippen molar-refractivity contribution in [3.8, 4) is 0 Å². The first-order valence-electron chi connectivity index (χ1n) is 5.78. The van der Waals surface area contributed by atoms with E-state index >= 15 is 0 Å². The normalized spacial score (nSPS) is 17.3. The van der Waals surface area contributed by atoms with Crippen molar-refractivity contribution in [3.05, 3.63) is 12.2 Å². The zero-order valence-corrected chi connectivity index (χ0v) is 10.2. The minimum atomic E-state index is 0.0260. The van der Waals surface area contributed by atoms with Gasteiger partial charge in [0.25, 0.3) is 0 Å². The lowest BCUT2D eigenvalue weighted by atomic mass is 10.3. The molecule has 0 bridgehead atoms. The lowest BCUT2D eigenvalue weighted by Gasteiger charge is -2.17. The standard InChI is InChI=1S/C10H18N6O/c1-8(9-14-13-7-15(9)2)11-3-5-16-6-4-12-10(16)17/h7-8,11H,3-6H2,1-2H3,(H,12,17). The molecule has 2 heterocycles. The first-order chi connectivity index (χ1) is 8.18. The Kier molecular flexibility index (Phi) is 3.58. The third-order valence-electron chi connectivity index (χ3n) is 2.91. The largest absolute Gasteiger partial charge is 0.336 e. The third-order valence-corrected chi connectivity index (χ3v) is 2.91. The number of hydrogen-bond acceptors (Lipinski definition) is 4. The second-order valence-corrected chi connectivity index (χ2v) is 4.19. The molecule has 7 nitrogen and oxygen atoms in total. The van der Waals surface area contributed by atoms with Gasteiger partial charge in [0.2, 0.25) is 0 Å². The van der Waals surface area contributed by atoms with E-state index in [0.29, 0.717) is 6.54 Å². The van der Waals surface area contributed by atoms with Crippen LogP contribution in [0.2, 0.25) is 0 Å². The molecule has 1 unspecified atom stereocenters. The van der Waals surface area contributed by atoms with Crippen molar-refractivity contribution in [3.63, 3.8) is 0 Å². The van der Waals surface area contributed by atoms with Crippen molar-refractivity contribution in [2.75, 3.05) is 26.2 Å². The van der Waals surface area contributed by atoms with E-state index in [1.165, 1.54) is 0 Å². The Hall–Kier alpha value is -1.63. The van der Waals surface area contributed by atoms with Crippen molar-refractivity contribution in [2.45, 2.75) is 13.0 Å². The number of carbonyl (C=O) groups is 1. The SMILES string of the molecule is CC(NCCN1CCNC1=O)c1nncn1C. The number of rotatable bonds is 5. The molecule has 1 fully saturated rings. The Morgan fingerprint density at radius 3 is 3.06 bits per heavy atom. The van der Waals surface area contributed by atoms with Gasteiger partial charge in [-0.05, 0) is 6.92 Å². The van der Waals surface area contributed by atoms with Gasteiger partial charge in [-0.15, -0.1) is 10.2 Å². The topological polar surface area (TPSA) is 75.1 Å². The number of aryl methyl sites for hydroxylation is 1. The van der Waals surface area contributed by atoms with Crippen LogP contribution in [-0.2, 0) is 7.05 Å². The second kappa shape index (κ2) is 5.13. The number of carbonyl (C=O) groups excluding carboxylic acids is 1. The maximum atomic E-state index is 11.3. The Labute approximate surface area is 100 Å². The van der Waals surface area contributed by atoms with E-state index in [2.05, 4.69) is 20.8 Å². The van der Waals surface area contributed by atoms with Crippen molar-refractivity contribution in [1.29, 1.82) is 0 Å². The molecule has 0 spiro atoms. The summed E-state index contributed by atoms with van der Waals surface area (Å²) in [5, 5.41) is 14.0. The van der Waals surface area contributed by atoms with Crippen molar-refractivity contribution in [2.24, 2.45) is 7.05 Å². The lowest BCUT2D eigenvalue weighted by molar-refractivity contribution is 0.217. The maximum absolute atomic E-state index is 11.3. The molecule has 0 radical (unpaired) electrons. The molecule has 0 aromatic carbocycles. The molecule has 1 aromatic heterocycles. The molecular weight excluding hydrogens is 220 g/mol. The first kappa shape index (κ1) is 11.8. The van der Waals surface area contributed by atoms with Gasteiger partial charge in [-0.1, -0.05) is 0 Å². The molecule has 0 aliphatic carbocycles. The fourth-order valence-corrected chi connectivity index (χ4v) is 1.92. The van der Waals surface area contributed by atoms with Crippen LogP contribution < -0.4 is 10.6 Å². The number of nitrogens with one attached hydrogen (secondary N) is 2. The number of amides is 2. The predicted octanol–water partition coefficient (Wildman–Crippen LogP) is -0.509. The van der Waals surface area contributed by atoms with Crippen molar-refractivity contribution in [1.82, 2.24) is 30.3 Å². The molecule has 17 heavy (non-hydrogen) atoms. The first-order valence-corrected chi connectivity index (χ1v) is 5.78. The molecule has 94 valence electrons. The predicted molar refractivity (Wildman–Crippen MR) is 62.4 cm³/mol. The van der Waals surface area contributed by atoms with Gasteiger partial charge in [-0.25, -0.2) is 4.79 Å². The summed E-state index contributed by atoms with van der Waals surface area (Å²) in [7, 11) is 1.92. The van der Waals surface area contributed by atoms with Crippen LogP contribution in [0.25, 0.3) is 0 Å². The Morgan fingerprint density at radius 1 is 1.65 bits per heavy atom. The summed E-state index contributed by atoms with van der Waals surface area (Å²) in [4.78, 5) is 13.1. The molecule has 0 saturated carbocycles. The van der Waals surface area contributed by atoms with Crippen molar-refractivity contribution >= 4 is 6.03 Å². The van der Waals surface area contributed by atoms with Crippen LogP contribution >= 0.6 is 0 Å². The van der Waals surface area contributed by atoms with E-state index in [9.17, 15) is 4.79 Å². The highest BCUT2D eigenvalue weighted by molar-refractivity contribution is 5.76. The van der Waals surface area contributed by atoms with Crippen LogP contribution in [0.3, 0.4) is 0 Å². The fourth-order valence-electron chi connectivity index (χ4n) is 1.92. The summed E-state index contributed by atoms with van der Waals surface area (Å²) in [6.45, 7) is 5.04. The summed E-state index contributed by atoms with van der Waals surface area (Å²) >= 11 is 0. The highest BCUT2D eigenvalue weighted by Gasteiger charge is 2.19. The number of hydrogen-bond donors (Lipinski definition) is 2. The molecule has 2 N–H and O–H groups in total. The fraction of sp³-hybridized carbons (Fsp3) is 0.700. The van der Waals surface area contributed by atoms with Gasteiger partial charge in [-0.2, -0.15) is 0 Å². The van der Waals surface area contributed by atoms with Crippen LogP contribution in [-0.4, -0.2) is 51.9 Å². The third kappa shape index (κ3) is 2.73. The summed E-state index contributed by atoms with van der Waals surface area (Å²) in [5.74, 6) is 0.899. The summed E-state index contributed by atoms with van der Waals surface area (Å²) < 4.78 is 1.89. The molecule has 2 amide bonds. The Morgan fingerprint density at radius 2 is 2.47 bits per heavy atom. The summed E-state index contributed by atoms with van der Waals surface area (Å²) in [6, 6.07) is 0.159. The molecule has 1 aliphatic heterocycles. The number of aromatic nitrogens is 3. The minimum absolute atomic E-state index is 0.0260. The van der Waals surface area contributed by atoms with Gasteiger partial charge in [0.15, 0.2) is 0 Å². The van der Waals surface area contributed by atoms with Gasteiger partial charge < -0.3 is 20.1 Å². The zero-order chi connectivity index (χ0) is 12.3. The Bertz CT molecular complexity index is 390. The molecule has 1 aromatic rings. The number of nitrogens with zero attached hydrogens (tertiary/aromatic N) is 4. The molecule has 1 atom stereocenters. The van der Waals surface area contributed by atoms with E-state index in [1.54, 1.807) is 11.2 Å². The molecular formula is C10H18N6O. The van der Waals surface area contributed by atoms with E-state index < -0.39 is 0 Å². The van der Waals surface area contributed by atoms with Crippen LogP contribution in [0.5, 0.6) is 0 Å².